The lowest BCUT2D eigenvalue weighted by molar-refractivity contribution is -0.138. The topological polar surface area (TPSA) is 87.7 Å². The van der Waals surface area contributed by atoms with Crippen molar-refractivity contribution < 1.29 is 9.90 Å². The minimum Gasteiger partial charge on any atom is -0.481 e. The van der Waals surface area contributed by atoms with Gasteiger partial charge in [0.15, 0.2) is 5.11 Å². The second kappa shape index (κ2) is 4.90. The van der Waals surface area contributed by atoms with Gasteiger partial charge in [0.2, 0.25) is 0 Å². The summed E-state index contributed by atoms with van der Waals surface area (Å²) in [6.07, 6.45) is 0.0152. The lowest BCUT2D eigenvalue weighted by Crippen LogP contribution is -2.30. The van der Waals surface area contributed by atoms with E-state index in [4.69, 9.17) is 10.8 Å². The number of carboxylic acids is 1. The van der Waals surface area contributed by atoms with Gasteiger partial charge >= 0.3 is 5.97 Å². The lowest BCUT2D eigenvalue weighted by atomic mass is 9.85. The number of hydrazone groups is 1. The van der Waals surface area contributed by atoms with E-state index >= 15 is 0 Å². The summed E-state index contributed by atoms with van der Waals surface area (Å²) in [6.45, 7) is 5.32. The Morgan fingerprint density at radius 2 is 2.14 bits per heavy atom. The van der Waals surface area contributed by atoms with Gasteiger partial charge in [0.1, 0.15) is 0 Å². The van der Waals surface area contributed by atoms with Crippen LogP contribution in [0, 0.1) is 5.41 Å². The molecule has 0 saturated heterocycles. The fraction of sp³-hybridized carbons (Fsp3) is 0.625. The zero-order valence-corrected chi connectivity index (χ0v) is 9.31. The zero-order chi connectivity index (χ0) is 11.4. The van der Waals surface area contributed by atoms with Gasteiger partial charge < -0.3 is 10.8 Å². The molecule has 5 nitrogen and oxygen atoms in total. The highest BCUT2D eigenvalue weighted by Crippen LogP contribution is 2.22. The second-order valence-corrected chi connectivity index (χ2v) is 4.07. The standard InChI is InChI=1S/C8H15N3O2S/c1-5(10-11-7(9)14)8(2,3)4-6(12)13/h4H2,1-3H3,(H,12,13)(H3,9,11,14)/b10-5+. The van der Waals surface area contributed by atoms with Gasteiger partial charge in [0.05, 0.1) is 6.42 Å². The molecule has 0 unspecified atom stereocenters. The third-order valence-electron chi connectivity index (χ3n) is 1.91. The third kappa shape index (κ3) is 4.76. The number of hydrogen-bond donors (Lipinski definition) is 3. The molecule has 0 aromatic heterocycles. The maximum Gasteiger partial charge on any atom is 0.304 e. The molecular formula is C8H15N3O2S. The van der Waals surface area contributed by atoms with Gasteiger partial charge in [-0.2, -0.15) is 5.10 Å². The van der Waals surface area contributed by atoms with Crippen LogP contribution in [0.25, 0.3) is 0 Å². The Labute approximate surface area is 88.4 Å². The molecule has 0 aromatic rings. The van der Waals surface area contributed by atoms with Crippen molar-refractivity contribution >= 4 is 29.0 Å². The van der Waals surface area contributed by atoms with E-state index in [2.05, 4.69) is 22.7 Å². The van der Waals surface area contributed by atoms with Crippen molar-refractivity contribution in [3.05, 3.63) is 0 Å². The Bertz CT molecular complexity index is 274. The zero-order valence-electron chi connectivity index (χ0n) is 8.50. The third-order valence-corrected chi connectivity index (χ3v) is 2.00. The van der Waals surface area contributed by atoms with Crippen LogP contribution in [0.5, 0.6) is 0 Å². The first-order chi connectivity index (χ1) is 6.25. The summed E-state index contributed by atoms with van der Waals surface area (Å²) in [5, 5.41) is 12.6. The summed E-state index contributed by atoms with van der Waals surface area (Å²) < 4.78 is 0. The first-order valence-corrected chi connectivity index (χ1v) is 4.48. The van der Waals surface area contributed by atoms with Gasteiger partial charge in [-0.1, -0.05) is 13.8 Å². The first kappa shape index (κ1) is 12.8. The van der Waals surface area contributed by atoms with Crippen molar-refractivity contribution in [2.75, 3.05) is 0 Å². The van der Waals surface area contributed by atoms with Crippen LogP contribution in [0.3, 0.4) is 0 Å². The summed E-state index contributed by atoms with van der Waals surface area (Å²) in [4.78, 5) is 10.5. The molecule has 6 heteroatoms. The smallest absolute Gasteiger partial charge is 0.304 e. The molecule has 0 aliphatic rings. The van der Waals surface area contributed by atoms with E-state index in [1.54, 1.807) is 20.8 Å². The van der Waals surface area contributed by atoms with E-state index in [1.165, 1.54) is 0 Å². The average Bonchev–Trinajstić information content (AvgIpc) is 1.97. The lowest BCUT2D eigenvalue weighted by Gasteiger charge is -2.21. The summed E-state index contributed by atoms with van der Waals surface area (Å²) in [7, 11) is 0. The molecule has 0 rings (SSSR count). The molecule has 14 heavy (non-hydrogen) atoms. The van der Waals surface area contributed by atoms with Crippen molar-refractivity contribution in [1.29, 1.82) is 0 Å². The summed E-state index contributed by atoms with van der Waals surface area (Å²) in [6, 6.07) is 0. The number of carbonyl (C=O) groups is 1. The molecule has 0 aliphatic carbocycles. The molecule has 0 saturated carbocycles. The van der Waals surface area contributed by atoms with Crippen molar-refractivity contribution in [3.8, 4) is 0 Å². The molecule has 0 heterocycles. The molecular weight excluding hydrogens is 202 g/mol. The Morgan fingerprint density at radius 3 is 2.50 bits per heavy atom. The van der Waals surface area contributed by atoms with E-state index in [1.807, 2.05) is 0 Å². The van der Waals surface area contributed by atoms with Gasteiger partial charge in [-0.05, 0) is 19.1 Å². The molecule has 0 bridgehead atoms. The fourth-order valence-electron chi connectivity index (χ4n) is 0.796. The second-order valence-electron chi connectivity index (χ2n) is 3.63. The minimum absolute atomic E-state index is 0.0152. The van der Waals surface area contributed by atoms with Gasteiger partial charge in [0, 0.05) is 11.1 Å². The number of nitrogens with zero attached hydrogens (tertiary/aromatic N) is 1. The molecule has 4 N–H and O–H groups in total. The summed E-state index contributed by atoms with van der Waals surface area (Å²) in [5.74, 6) is -0.861. The molecule has 0 fully saturated rings. The highest BCUT2D eigenvalue weighted by atomic mass is 32.1. The maximum absolute atomic E-state index is 10.5. The number of hydrogen-bond acceptors (Lipinski definition) is 3. The van der Waals surface area contributed by atoms with Crippen LogP contribution in [-0.4, -0.2) is 21.9 Å². The van der Waals surface area contributed by atoms with Crippen molar-refractivity contribution in [2.24, 2.45) is 16.3 Å². The number of nitrogens with one attached hydrogen (secondary N) is 1. The minimum atomic E-state index is -0.861. The van der Waals surface area contributed by atoms with Crippen molar-refractivity contribution in [2.45, 2.75) is 27.2 Å². The van der Waals surface area contributed by atoms with Gasteiger partial charge in [-0.3, -0.25) is 10.2 Å². The van der Waals surface area contributed by atoms with Gasteiger partial charge in [0.25, 0.3) is 0 Å². The van der Waals surface area contributed by atoms with Crippen LogP contribution < -0.4 is 11.2 Å². The summed E-state index contributed by atoms with van der Waals surface area (Å²) >= 11 is 4.57. The SMILES string of the molecule is C/C(=N\NC(N)=S)C(C)(C)CC(=O)O. The van der Waals surface area contributed by atoms with E-state index in [-0.39, 0.29) is 11.5 Å². The predicted molar refractivity (Wildman–Crippen MR) is 59.1 cm³/mol. The Morgan fingerprint density at radius 1 is 1.64 bits per heavy atom. The number of aliphatic carboxylic acids is 1. The van der Waals surface area contributed by atoms with Crippen LogP contribution in [-0.2, 0) is 4.79 Å². The predicted octanol–water partition coefficient (Wildman–Crippen LogP) is 0.696. The van der Waals surface area contributed by atoms with Gasteiger partial charge in [-0.15, -0.1) is 0 Å². The Kier molecular flexibility index (Phi) is 4.49. The Balaban J connectivity index is 4.47. The van der Waals surface area contributed by atoms with Crippen molar-refractivity contribution in [1.82, 2.24) is 5.43 Å². The molecule has 80 valence electrons. The average molecular weight is 217 g/mol. The van der Waals surface area contributed by atoms with Crippen LogP contribution in [0.2, 0.25) is 0 Å². The van der Waals surface area contributed by atoms with Crippen LogP contribution in [0.1, 0.15) is 27.2 Å². The summed E-state index contributed by atoms with van der Waals surface area (Å²) in [5.41, 5.74) is 7.75. The van der Waals surface area contributed by atoms with Crippen LogP contribution in [0.4, 0.5) is 0 Å². The highest BCUT2D eigenvalue weighted by molar-refractivity contribution is 7.80. The molecule has 0 atom stereocenters. The normalized spacial score (nSPS) is 12.4. The molecule has 0 amide bonds. The maximum atomic E-state index is 10.5. The van der Waals surface area contributed by atoms with Crippen LogP contribution in [0.15, 0.2) is 5.10 Å². The Hall–Kier alpha value is -1.17. The highest BCUT2D eigenvalue weighted by Gasteiger charge is 2.25. The molecule has 0 spiro atoms. The molecule has 0 radical (unpaired) electrons. The van der Waals surface area contributed by atoms with Crippen LogP contribution >= 0.6 is 12.2 Å². The number of rotatable bonds is 4. The quantitative estimate of drug-likeness (QED) is 0.366. The molecule has 0 aliphatic heterocycles. The van der Waals surface area contributed by atoms with Gasteiger partial charge in [-0.25, -0.2) is 0 Å². The number of thiocarbonyl (C=S) groups is 1. The van der Waals surface area contributed by atoms with E-state index in [0.29, 0.717) is 5.71 Å². The number of nitrogens with two attached hydrogens (primary N) is 1. The van der Waals surface area contributed by atoms with E-state index in [9.17, 15) is 4.79 Å². The van der Waals surface area contributed by atoms with Crippen molar-refractivity contribution in [3.63, 3.8) is 0 Å². The van der Waals surface area contributed by atoms with E-state index in [0.717, 1.165) is 0 Å². The monoisotopic (exact) mass is 217 g/mol. The number of carboxylic acid groups (broad SMARTS) is 1. The largest absolute Gasteiger partial charge is 0.481 e. The van der Waals surface area contributed by atoms with E-state index < -0.39 is 11.4 Å². The fourth-order valence-corrected chi connectivity index (χ4v) is 0.842. The first-order valence-electron chi connectivity index (χ1n) is 4.07. The molecule has 0 aromatic carbocycles.